The van der Waals surface area contributed by atoms with E-state index in [0.29, 0.717) is 71.4 Å². The largest absolute Gasteiger partial charge is 0.478 e. The number of carboxylic acids is 2. The highest BCUT2D eigenvalue weighted by Crippen LogP contribution is 2.22. The van der Waals surface area contributed by atoms with Gasteiger partial charge in [-0.15, -0.1) is 0 Å². The van der Waals surface area contributed by atoms with Gasteiger partial charge in [0.25, 0.3) is 0 Å². The Bertz CT molecular complexity index is 2550. The standard InChI is InChI=1S/2C16H23N3O4.C13H21N5O2.C9H15N5/c1-16(2,3)23-15(22)19-11-9-17-8-10-18(19)13-6-4-12(5-7-13)14(20)21;1-16(2,3)23-15(22)18-9-8-17-19(11-10-18)13-6-4-12(5-7-13)14(20)21;1-13(2,3)20-12(19)18-10-8-14-7-9-17(18)11-15-5-4-6-16-11;1-13-6-5-12-14(8-7-13)9-10-3-2-4-11-9/h2*4-7,17H,8-11H2,1-3H3,(H,20,21);4-6,14H,7-10H2,1-3H3;2-4,12H,5-8H2,1H3. The number of carbonyl (C=O) groups excluding carboxylic acids is 3. The summed E-state index contributed by atoms with van der Waals surface area (Å²) >= 11 is 0. The lowest BCUT2D eigenvalue weighted by Gasteiger charge is -2.35. The fraction of sp³-hybridized carbons (Fsp3) is 0.537. The Morgan fingerprint density at radius 3 is 1.36 bits per heavy atom. The number of amides is 3. The van der Waals surface area contributed by atoms with E-state index in [2.05, 4.69) is 53.4 Å². The van der Waals surface area contributed by atoms with Crippen molar-refractivity contribution in [2.24, 2.45) is 0 Å². The van der Waals surface area contributed by atoms with Crippen LogP contribution in [-0.2, 0) is 14.2 Å². The van der Waals surface area contributed by atoms with Crippen molar-refractivity contribution in [3.63, 3.8) is 0 Å². The molecule has 8 rings (SSSR count). The molecule has 4 aromatic rings. The van der Waals surface area contributed by atoms with Crippen LogP contribution in [0.25, 0.3) is 0 Å². The highest BCUT2D eigenvalue weighted by atomic mass is 16.6. The Morgan fingerprint density at radius 1 is 0.450 bits per heavy atom. The van der Waals surface area contributed by atoms with Crippen molar-refractivity contribution in [3.05, 3.63) is 96.6 Å². The van der Waals surface area contributed by atoms with E-state index in [1.165, 1.54) is 12.1 Å². The Kier molecular flexibility index (Phi) is 23.8. The van der Waals surface area contributed by atoms with E-state index in [1.807, 2.05) is 83.4 Å². The maximum atomic E-state index is 12.5. The zero-order valence-corrected chi connectivity index (χ0v) is 47.9. The van der Waals surface area contributed by atoms with E-state index in [4.69, 9.17) is 24.4 Å². The van der Waals surface area contributed by atoms with Gasteiger partial charge in [-0.05, 0) is 130 Å². The molecule has 4 fully saturated rings. The molecule has 4 aliphatic heterocycles. The van der Waals surface area contributed by atoms with Crippen LogP contribution in [0.2, 0.25) is 0 Å². The first-order valence-corrected chi connectivity index (χ1v) is 26.7. The molecule has 4 saturated heterocycles. The Labute approximate surface area is 469 Å². The van der Waals surface area contributed by atoms with Gasteiger partial charge in [0.15, 0.2) is 0 Å². The monoisotopic (exact) mass is 1110 g/mol. The number of hydrazine groups is 4. The Hall–Kier alpha value is -7.65. The van der Waals surface area contributed by atoms with Gasteiger partial charge in [-0.1, -0.05) is 0 Å². The van der Waals surface area contributed by atoms with Gasteiger partial charge in [-0.3, -0.25) is 10.0 Å². The van der Waals surface area contributed by atoms with Crippen LogP contribution in [0.15, 0.2) is 85.5 Å². The van der Waals surface area contributed by atoms with Crippen LogP contribution in [0, 0.1) is 0 Å². The molecule has 80 heavy (non-hydrogen) atoms. The molecule has 26 heteroatoms. The molecule has 6 N–H and O–H groups in total. The maximum Gasteiger partial charge on any atom is 0.429 e. The molecule has 4 aliphatic rings. The van der Waals surface area contributed by atoms with Gasteiger partial charge in [0.1, 0.15) is 16.8 Å². The molecular weight excluding hydrogens is 1030 g/mol. The summed E-state index contributed by atoms with van der Waals surface area (Å²) in [7, 11) is 2.12. The molecule has 0 radical (unpaired) electrons. The number of carbonyl (C=O) groups is 5. The van der Waals surface area contributed by atoms with E-state index in [9.17, 15) is 24.0 Å². The summed E-state index contributed by atoms with van der Waals surface area (Å²) in [6.07, 6.45) is 5.73. The summed E-state index contributed by atoms with van der Waals surface area (Å²) in [6.45, 7) is 27.9. The fourth-order valence-corrected chi connectivity index (χ4v) is 7.84. The Morgan fingerprint density at radius 2 is 0.863 bits per heavy atom. The van der Waals surface area contributed by atoms with E-state index >= 15 is 0 Å². The van der Waals surface area contributed by atoms with Gasteiger partial charge < -0.3 is 49.9 Å². The number of ether oxygens (including phenoxy) is 3. The first kappa shape index (κ1) is 63.2. The zero-order valence-electron chi connectivity index (χ0n) is 47.9. The predicted octanol–water partition coefficient (Wildman–Crippen LogP) is 4.66. The molecule has 0 unspecified atom stereocenters. The molecular formula is C54H82N16O10. The second-order valence-corrected chi connectivity index (χ2v) is 21.6. The molecule has 2 aromatic carbocycles. The number of benzene rings is 2. The molecule has 2 aromatic heterocycles. The van der Waals surface area contributed by atoms with Gasteiger partial charge in [-0.25, -0.2) is 69.8 Å². The van der Waals surface area contributed by atoms with Crippen LogP contribution >= 0.6 is 0 Å². The zero-order chi connectivity index (χ0) is 58.5. The number of hydrogen-bond donors (Lipinski definition) is 6. The highest BCUT2D eigenvalue weighted by Gasteiger charge is 2.31. The smallest absolute Gasteiger partial charge is 0.429 e. The van der Waals surface area contributed by atoms with Gasteiger partial charge in [0.05, 0.1) is 61.8 Å². The van der Waals surface area contributed by atoms with Crippen molar-refractivity contribution < 1.29 is 48.4 Å². The lowest BCUT2D eigenvalue weighted by molar-refractivity contribution is 0.0227. The van der Waals surface area contributed by atoms with Crippen LogP contribution in [0.5, 0.6) is 0 Å². The number of likely N-dealkylation sites (N-methyl/N-ethyl adjacent to an activating group) is 1. The minimum Gasteiger partial charge on any atom is -0.478 e. The summed E-state index contributed by atoms with van der Waals surface area (Å²) in [6, 6.07) is 16.7. The summed E-state index contributed by atoms with van der Waals surface area (Å²) in [5, 5.41) is 35.0. The predicted molar refractivity (Wildman–Crippen MR) is 303 cm³/mol. The van der Waals surface area contributed by atoms with Crippen molar-refractivity contribution >= 4 is 53.5 Å². The fourth-order valence-electron chi connectivity index (χ4n) is 7.84. The van der Waals surface area contributed by atoms with Crippen LogP contribution in [0.1, 0.15) is 83.0 Å². The van der Waals surface area contributed by atoms with Crippen molar-refractivity contribution in [3.8, 4) is 0 Å². The lowest BCUT2D eigenvalue weighted by atomic mass is 10.2. The average molecular weight is 1120 g/mol. The summed E-state index contributed by atoms with van der Waals surface area (Å²) < 4.78 is 16.3. The van der Waals surface area contributed by atoms with E-state index in [-0.39, 0.29) is 23.3 Å². The van der Waals surface area contributed by atoms with Crippen molar-refractivity contribution in [2.45, 2.75) is 79.1 Å². The number of aromatic nitrogens is 4. The minimum atomic E-state index is -0.974. The lowest BCUT2D eigenvalue weighted by Crippen LogP contribution is -2.50. The number of rotatable bonds is 6. The summed E-state index contributed by atoms with van der Waals surface area (Å²) in [4.78, 5) is 79.6. The summed E-state index contributed by atoms with van der Waals surface area (Å²) in [5.74, 6) is -0.667. The van der Waals surface area contributed by atoms with Gasteiger partial charge >= 0.3 is 30.2 Å². The first-order chi connectivity index (χ1) is 37.9. The number of nitrogens with zero attached hydrogens (tertiary/aromatic N) is 12. The van der Waals surface area contributed by atoms with Crippen LogP contribution in [0.3, 0.4) is 0 Å². The SMILES string of the molecule is CC(C)(C)OC(=O)N1CCNCCN1c1ccc(C(=O)O)cc1.CC(C)(C)OC(=O)N1CCNCCN1c1ncccn1.CC(C)(C)OC(=O)N1CCNN(c2ccc(C(=O)O)cc2)CC1.CN1CCNN(c2ncccn2)CC1. The van der Waals surface area contributed by atoms with E-state index < -0.39 is 34.8 Å². The molecule has 0 aliphatic carbocycles. The van der Waals surface area contributed by atoms with Gasteiger partial charge in [0.2, 0.25) is 11.9 Å². The number of nitrogens with one attached hydrogen (secondary N) is 4. The molecule has 0 spiro atoms. The minimum absolute atomic E-state index is 0.213. The quantitative estimate of drug-likeness (QED) is 0.143. The second kappa shape index (κ2) is 30.1. The average Bonchev–Trinajstić information content (AvgIpc) is 4.01. The molecule has 0 saturated carbocycles. The Balaban J connectivity index is 0.000000199. The first-order valence-electron chi connectivity index (χ1n) is 26.7. The van der Waals surface area contributed by atoms with Crippen molar-refractivity contribution in [1.29, 1.82) is 0 Å². The van der Waals surface area contributed by atoms with Crippen molar-refractivity contribution in [1.82, 2.24) is 61.2 Å². The molecule has 438 valence electrons. The highest BCUT2D eigenvalue weighted by molar-refractivity contribution is 5.88. The van der Waals surface area contributed by atoms with Crippen LogP contribution in [0.4, 0.5) is 37.7 Å². The van der Waals surface area contributed by atoms with Gasteiger partial charge in [-0.2, -0.15) is 0 Å². The number of aromatic carboxylic acids is 2. The summed E-state index contributed by atoms with van der Waals surface area (Å²) in [5.41, 5.74) is 6.99. The molecule has 0 atom stereocenters. The third-order valence-corrected chi connectivity index (χ3v) is 11.6. The van der Waals surface area contributed by atoms with Crippen LogP contribution < -0.4 is 41.5 Å². The normalized spacial score (nSPS) is 16.8. The number of carboxylic acid groups (broad SMARTS) is 2. The third-order valence-electron chi connectivity index (χ3n) is 11.6. The van der Waals surface area contributed by atoms with Crippen molar-refractivity contribution in [2.75, 3.05) is 132 Å². The second-order valence-electron chi connectivity index (χ2n) is 21.6. The molecule has 6 heterocycles. The molecule has 0 bridgehead atoms. The molecule has 3 amide bonds. The van der Waals surface area contributed by atoms with Gasteiger partial charge in [0, 0.05) is 90.2 Å². The maximum absolute atomic E-state index is 12.5. The van der Waals surface area contributed by atoms with E-state index in [1.54, 1.807) is 87.2 Å². The number of hydrogen-bond acceptors (Lipinski definition) is 21. The topological polar surface area (TPSA) is 279 Å². The molecule has 26 nitrogen and oxygen atoms in total. The third kappa shape index (κ3) is 21.5. The van der Waals surface area contributed by atoms with E-state index in [0.717, 1.165) is 56.6 Å². The van der Waals surface area contributed by atoms with Crippen LogP contribution in [-0.4, -0.2) is 209 Å². The number of anilines is 4.